The third kappa shape index (κ3) is 1.91. The monoisotopic (exact) mass is 227 g/mol. The number of nitrogen functional groups attached to an aromatic ring is 1. The van der Waals surface area contributed by atoms with E-state index in [-0.39, 0.29) is 11.6 Å². The number of rotatable bonds is 2. The van der Waals surface area contributed by atoms with E-state index in [1.807, 2.05) is 6.07 Å². The molecule has 0 unspecified atom stereocenters. The molecule has 0 aliphatic rings. The summed E-state index contributed by atoms with van der Waals surface area (Å²) in [6, 6.07) is 8.76. The van der Waals surface area contributed by atoms with E-state index in [1.54, 1.807) is 24.3 Å². The summed E-state index contributed by atoms with van der Waals surface area (Å²) < 4.78 is 0. The van der Waals surface area contributed by atoms with Crippen molar-refractivity contribution in [1.29, 1.82) is 0 Å². The smallest absolute Gasteiger partial charge is 0.160 e. The maximum absolute atomic E-state index is 11.5. The molecule has 0 amide bonds. The average molecular weight is 227 g/mol. The summed E-state index contributed by atoms with van der Waals surface area (Å²) in [4.78, 5) is 22.9. The SMILES string of the molecule is CC(=O)c1cc(N)c2cccc(C(C)=O)c2c1. The van der Waals surface area contributed by atoms with Gasteiger partial charge >= 0.3 is 0 Å². The van der Waals surface area contributed by atoms with Crippen molar-refractivity contribution in [2.45, 2.75) is 13.8 Å². The molecule has 2 rings (SSSR count). The van der Waals surface area contributed by atoms with Crippen molar-refractivity contribution in [3.8, 4) is 0 Å². The van der Waals surface area contributed by atoms with Crippen LogP contribution in [0.4, 0.5) is 5.69 Å². The molecule has 0 bridgehead atoms. The van der Waals surface area contributed by atoms with Gasteiger partial charge in [-0.2, -0.15) is 0 Å². The quantitative estimate of drug-likeness (QED) is 0.634. The third-order valence-electron chi connectivity index (χ3n) is 2.81. The Hall–Kier alpha value is -2.16. The lowest BCUT2D eigenvalue weighted by Gasteiger charge is -2.08. The lowest BCUT2D eigenvalue weighted by molar-refractivity contribution is 0.100. The molecule has 2 aromatic rings. The van der Waals surface area contributed by atoms with E-state index >= 15 is 0 Å². The molecule has 3 heteroatoms. The minimum absolute atomic E-state index is 0.0318. The number of carbonyl (C=O) groups is 2. The van der Waals surface area contributed by atoms with Crippen molar-refractivity contribution in [1.82, 2.24) is 0 Å². The highest BCUT2D eigenvalue weighted by molar-refractivity contribution is 6.12. The van der Waals surface area contributed by atoms with Crippen LogP contribution in [0.2, 0.25) is 0 Å². The standard InChI is InChI=1S/C14H13NO2/c1-8(16)10-6-13-11(9(2)17)4-3-5-12(13)14(15)7-10/h3-7H,15H2,1-2H3. The fraction of sp³-hybridized carbons (Fsp3) is 0.143. The van der Waals surface area contributed by atoms with Crippen molar-refractivity contribution < 1.29 is 9.59 Å². The lowest BCUT2D eigenvalue weighted by atomic mass is 9.97. The predicted octanol–water partition coefficient (Wildman–Crippen LogP) is 2.83. The minimum Gasteiger partial charge on any atom is -0.398 e. The van der Waals surface area contributed by atoms with Crippen LogP contribution in [-0.4, -0.2) is 11.6 Å². The van der Waals surface area contributed by atoms with Crippen LogP contribution < -0.4 is 5.73 Å². The van der Waals surface area contributed by atoms with E-state index in [0.717, 1.165) is 10.8 Å². The van der Waals surface area contributed by atoms with Gasteiger partial charge in [0.25, 0.3) is 0 Å². The normalized spacial score (nSPS) is 10.5. The second-order valence-electron chi connectivity index (χ2n) is 4.08. The van der Waals surface area contributed by atoms with Gasteiger partial charge in [0.2, 0.25) is 0 Å². The highest BCUT2D eigenvalue weighted by atomic mass is 16.1. The Kier molecular flexibility index (Phi) is 2.68. The first kappa shape index (κ1) is 11.3. The van der Waals surface area contributed by atoms with Crippen LogP contribution >= 0.6 is 0 Å². The Morgan fingerprint density at radius 2 is 1.71 bits per heavy atom. The number of fused-ring (bicyclic) bond motifs is 1. The van der Waals surface area contributed by atoms with Gasteiger partial charge in [0.05, 0.1) is 0 Å². The summed E-state index contributed by atoms with van der Waals surface area (Å²) in [7, 11) is 0. The zero-order chi connectivity index (χ0) is 12.6. The highest BCUT2D eigenvalue weighted by Gasteiger charge is 2.10. The maximum atomic E-state index is 11.5. The second kappa shape index (κ2) is 4.01. The van der Waals surface area contributed by atoms with Gasteiger partial charge in [-0.3, -0.25) is 9.59 Å². The number of benzene rings is 2. The Labute approximate surface area is 99.2 Å². The number of ketones is 2. The van der Waals surface area contributed by atoms with Crippen LogP contribution in [0.25, 0.3) is 10.8 Å². The molecule has 17 heavy (non-hydrogen) atoms. The Morgan fingerprint density at radius 1 is 1.00 bits per heavy atom. The lowest BCUT2D eigenvalue weighted by Crippen LogP contribution is -1.99. The molecule has 0 aromatic heterocycles. The van der Waals surface area contributed by atoms with Crippen LogP contribution in [0, 0.1) is 0 Å². The van der Waals surface area contributed by atoms with E-state index in [9.17, 15) is 9.59 Å². The molecule has 0 saturated carbocycles. The number of carbonyl (C=O) groups excluding carboxylic acids is 2. The molecular formula is C14H13NO2. The number of anilines is 1. The molecule has 0 aliphatic heterocycles. The number of hydrogen-bond acceptors (Lipinski definition) is 3. The molecule has 0 fully saturated rings. The summed E-state index contributed by atoms with van der Waals surface area (Å²) in [5.41, 5.74) is 7.55. The molecule has 86 valence electrons. The predicted molar refractivity (Wildman–Crippen MR) is 68.4 cm³/mol. The van der Waals surface area contributed by atoms with E-state index in [1.165, 1.54) is 13.8 Å². The van der Waals surface area contributed by atoms with Crippen molar-refractivity contribution in [2.75, 3.05) is 5.73 Å². The van der Waals surface area contributed by atoms with Gasteiger partial charge in [0.1, 0.15) is 0 Å². The number of hydrogen-bond donors (Lipinski definition) is 1. The zero-order valence-corrected chi connectivity index (χ0v) is 9.78. The first-order chi connectivity index (χ1) is 8.00. The molecule has 0 saturated heterocycles. The van der Waals surface area contributed by atoms with E-state index in [2.05, 4.69) is 0 Å². The second-order valence-corrected chi connectivity index (χ2v) is 4.08. The minimum atomic E-state index is -0.0584. The Balaban J connectivity index is 2.88. The first-order valence-electron chi connectivity index (χ1n) is 5.35. The van der Waals surface area contributed by atoms with Gasteiger partial charge in [-0.25, -0.2) is 0 Å². The highest BCUT2D eigenvalue weighted by Crippen LogP contribution is 2.26. The van der Waals surface area contributed by atoms with Crippen molar-refractivity contribution in [3.05, 3.63) is 41.5 Å². The van der Waals surface area contributed by atoms with Gasteiger partial charge in [-0.1, -0.05) is 18.2 Å². The van der Waals surface area contributed by atoms with Crippen LogP contribution in [0.1, 0.15) is 34.6 Å². The number of nitrogens with two attached hydrogens (primary N) is 1. The largest absolute Gasteiger partial charge is 0.398 e. The summed E-state index contributed by atoms with van der Waals surface area (Å²) in [5, 5.41) is 1.55. The fourth-order valence-electron chi connectivity index (χ4n) is 1.93. The summed E-state index contributed by atoms with van der Waals surface area (Å²) in [6.45, 7) is 2.99. The maximum Gasteiger partial charge on any atom is 0.160 e. The molecule has 0 aliphatic carbocycles. The molecule has 2 aromatic carbocycles. The molecule has 0 spiro atoms. The van der Waals surface area contributed by atoms with Gasteiger partial charge in [0.15, 0.2) is 11.6 Å². The van der Waals surface area contributed by atoms with Crippen molar-refractivity contribution in [3.63, 3.8) is 0 Å². The molecule has 0 atom stereocenters. The van der Waals surface area contributed by atoms with E-state index in [4.69, 9.17) is 5.73 Å². The first-order valence-corrected chi connectivity index (χ1v) is 5.35. The molecular weight excluding hydrogens is 214 g/mol. The molecule has 0 heterocycles. The van der Waals surface area contributed by atoms with Crippen LogP contribution in [0.15, 0.2) is 30.3 Å². The van der Waals surface area contributed by atoms with Crippen molar-refractivity contribution in [2.24, 2.45) is 0 Å². The molecule has 3 nitrogen and oxygen atoms in total. The van der Waals surface area contributed by atoms with Gasteiger partial charge < -0.3 is 5.73 Å². The third-order valence-corrected chi connectivity index (χ3v) is 2.81. The molecule has 0 radical (unpaired) electrons. The van der Waals surface area contributed by atoms with E-state index < -0.39 is 0 Å². The Morgan fingerprint density at radius 3 is 2.29 bits per heavy atom. The average Bonchev–Trinajstić information content (AvgIpc) is 2.27. The van der Waals surface area contributed by atoms with Crippen molar-refractivity contribution >= 4 is 28.0 Å². The van der Waals surface area contributed by atoms with Gasteiger partial charge in [-0.15, -0.1) is 0 Å². The summed E-state index contributed by atoms with van der Waals surface area (Å²) in [5.74, 6) is -0.0901. The number of Topliss-reactive ketones (excluding diaryl/α,β-unsaturated/α-hetero) is 2. The summed E-state index contributed by atoms with van der Waals surface area (Å²) in [6.07, 6.45) is 0. The van der Waals surface area contributed by atoms with Gasteiger partial charge in [-0.05, 0) is 31.4 Å². The van der Waals surface area contributed by atoms with Gasteiger partial charge in [0, 0.05) is 22.2 Å². The van der Waals surface area contributed by atoms with Crippen LogP contribution in [0.5, 0.6) is 0 Å². The Bertz CT molecular complexity index is 629. The van der Waals surface area contributed by atoms with Crippen LogP contribution in [-0.2, 0) is 0 Å². The fourth-order valence-corrected chi connectivity index (χ4v) is 1.93. The summed E-state index contributed by atoms with van der Waals surface area (Å²) >= 11 is 0. The van der Waals surface area contributed by atoms with Crippen LogP contribution in [0.3, 0.4) is 0 Å². The van der Waals surface area contributed by atoms with E-state index in [0.29, 0.717) is 16.8 Å². The molecule has 2 N–H and O–H groups in total. The topological polar surface area (TPSA) is 60.2 Å². The zero-order valence-electron chi connectivity index (χ0n) is 9.78.